The van der Waals surface area contributed by atoms with Gasteiger partial charge in [-0.05, 0) is 29.8 Å². The number of methoxy groups -OCH3 is 1. The van der Waals surface area contributed by atoms with Crippen molar-refractivity contribution in [1.82, 2.24) is 19.5 Å². The highest BCUT2D eigenvalue weighted by Gasteiger charge is 2.15. The standard InChI is InChI=1S/C20H17N5O3S/c1-24-12-21-18-17(14-5-7-15(8-6-14)25(26)27)22-20(23-19(18)24)29-11-13-3-9-16(28-2)10-4-13/h3-10,12H,11H2,1-2H3. The number of aromatic nitrogens is 4. The molecular weight excluding hydrogens is 390 g/mol. The monoisotopic (exact) mass is 407 g/mol. The molecule has 0 radical (unpaired) electrons. The Bertz CT molecular complexity index is 1170. The number of hydrogen-bond donors (Lipinski definition) is 0. The van der Waals surface area contributed by atoms with Gasteiger partial charge < -0.3 is 9.30 Å². The smallest absolute Gasteiger partial charge is 0.269 e. The van der Waals surface area contributed by atoms with E-state index in [9.17, 15) is 10.1 Å². The largest absolute Gasteiger partial charge is 0.497 e. The number of nitro benzene ring substituents is 1. The van der Waals surface area contributed by atoms with Gasteiger partial charge in [-0.15, -0.1) is 0 Å². The Morgan fingerprint density at radius 1 is 1.10 bits per heavy atom. The summed E-state index contributed by atoms with van der Waals surface area (Å²) in [6.07, 6.45) is 1.69. The average molecular weight is 407 g/mol. The zero-order chi connectivity index (χ0) is 20.4. The summed E-state index contributed by atoms with van der Waals surface area (Å²) in [4.78, 5) is 24.2. The van der Waals surface area contributed by atoms with Crippen LogP contribution in [0.3, 0.4) is 0 Å². The Morgan fingerprint density at radius 3 is 2.48 bits per heavy atom. The lowest BCUT2D eigenvalue weighted by Crippen LogP contribution is -1.97. The van der Waals surface area contributed by atoms with Crippen LogP contribution in [0.5, 0.6) is 5.75 Å². The molecule has 0 unspecified atom stereocenters. The summed E-state index contributed by atoms with van der Waals surface area (Å²) in [5, 5.41) is 11.5. The number of ether oxygens (including phenoxy) is 1. The molecule has 0 bridgehead atoms. The summed E-state index contributed by atoms with van der Waals surface area (Å²) < 4.78 is 7.03. The van der Waals surface area contributed by atoms with Crippen LogP contribution in [0.2, 0.25) is 0 Å². The summed E-state index contributed by atoms with van der Waals surface area (Å²) in [6.45, 7) is 0. The molecule has 29 heavy (non-hydrogen) atoms. The molecule has 0 spiro atoms. The van der Waals surface area contributed by atoms with Gasteiger partial charge in [0, 0.05) is 30.5 Å². The molecule has 8 nitrogen and oxygen atoms in total. The molecule has 0 aliphatic carbocycles. The fourth-order valence-corrected chi connectivity index (χ4v) is 3.66. The van der Waals surface area contributed by atoms with Gasteiger partial charge in [-0.25, -0.2) is 15.0 Å². The molecular formula is C20H17N5O3S. The van der Waals surface area contributed by atoms with Crippen molar-refractivity contribution in [3.63, 3.8) is 0 Å². The Morgan fingerprint density at radius 2 is 1.83 bits per heavy atom. The van der Waals surface area contributed by atoms with Crippen LogP contribution in [0.15, 0.2) is 60.0 Å². The van der Waals surface area contributed by atoms with Gasteiger partial charge in [0.1, 0.15) is 17.0 Å². The number of hydrogen-bond acceptors (Lipinski definition) is 7. The summed E-state index contributed by atoms with van der Waals surface area (Å²) in [5.74, 6) is 1.51. The third kappa shape index (κ3) is 3.90. The van der Waals surface area contributed by atoms with E-state index >= 15 is 0 Å². The molecule has 0 aliphatic rings. The fourth-order valence-electron chi connectivity index (χ4n) is 2.86. The normalized spacial score (nSPS) is 11.0. The molecule has 0 saturated heterocycles. The molecule has 0 atom stereocenters. The average Bonchev–Trinajstić information content (AvgIpc) is 3.13. The number of nitrogens with zero attached hydrogens (tertiary/aromatic N) is 5. The minimum atomic E-state index is -0.420. The van der Waals surface area contributed by atoms with E-state index in [-0.39, 0.29) is 5.69 Å². The maximum Gasteiger partial charge on any atom is 0.269 e. The number of non-ortho nitro benzene ring substituents is 1. The van der Waals surface area contributed by atoms with E-state index in [2.05, 4.69) is 15.0 Å². The first kappa shape index (κ1) is 18.9. The van der Waals surface area contributed by atoms with E-state index < -0.39 is 4.92 Å². The molecule has 0 saturated carbocycles. The quantitative estimate of drug-likeness (QED) is 0.204. The lowest BCUT2D eigenvalue weighted by Gasteiger charge is -2.07. The zero-order valence-electron chi connectivity index (χ0n) is 15.8. The molecule has 2 aromatic heterocycles. The predicted octanol–water partition coefficient (Wildman–Crippen LogP) is 4.24. The van der Waals surface area contributed by atoms with Crippen LogP contribution in [0.4, 0.5) is 5.69 Å². The first-order valence-corrected chi connectivity index (χ1v) is 9.73. The van der Waals surface area contributed by atoms with Crippen molar-refractivity contribution < 1.29 is 9.66 Å². The first-order valence-electron chi connectivity index (χ1n) is 8.75. The van der Waals surface area contributed by atoms with Gasteiger partial charge in [-0.1, -0.05) is 23.9 Å². The van der Waals surface area contributed by atoms with Crippen molar-refractivity contribution in [1.29, 1.82) is 0 Å². The van der Waals surface area contributed by atoms with Crippen LogP contribution >= 0.6 is 11.8 Å². The molecule has 0 amide bonds. The van der Waals surface area contributed by atoms with E-state index in [1.165, 1.54) is 23.9 Å². The van der Waals surface area contributed by atoms with Crippen molar-refractivity contribution in [3.05, 3.63) is 70.5 Å². The number of imidazole rings is 1. The van der Waals surface area contributed by atoms with Crippen molar-refractivity contribution in [2.24, 2.45) is 7.05 Å². The van der Waals surface area contributed by atoms with Crippen molar-refractivity contribution in [2.75, 3.05) is 7.11 Å². The molecule has 2 heterocycles. The van der Waals surface area contributed by atoms with E-state index in [1.807, 2.05) is 35.9 Å². The number of benzene rings is 2. The van der Waals surface area contributed by atoms with Crippen LogP contribution in [0.25, 0.3) is 22.4 Å². The van der Waals surface area contributed by atoms with E-state index in [4.69, 9.17) is 4.74 Å². The van der Waals surface area contributed by atoms with Gasteiger partial charge in [0.2, 0.25) is 0 Å². The first-order chi connectivity index (χ1) is 14.0. The van der Waals surface area contributed by atoms with Crippen molar-refractivity contribution in [2.45, 2.75) is 10.9 Å². The summed E-state index contributed by atoms with van der Waals surface area (Å²) >= 11 is 1.52. The SMILES string of the molecule is COc1ccc(CSc2nc(-c3ccc([N+](=O)[O-])cc3)c3ncn(C)c3n2)cc1. The van der Waals surface area contributed by atoms with Crippen LogP contribution in [0, 0.1) is 10.1 Å². The van der Waals surface area contributed by atoms with Crippen molar-refractivity contribution in [3.8, 4) is 17.0 Å². The molecule has 0 aliphatic heterocycles. The Labute approximate surface area is 170 Å². The van der Waals surface area contributed by atoms with Crippen molar-refractivity contribution >= 4 is 28.6 Å². The van der Waals surface area contributed by atoms with Gasteiger partial charge in [-0.3, -0.25) is 10.1 Å². The third-order valence-corrected chi connectivity index (χ3v) is 5.34. The minimum absolute atomic E-state index is 0.0363. The van der Waals surface area contributed by atoms with Gasteiger partial charge >= 0.3 is 0 Å². The summed E-state index contributed by atoms with van der Waals surface area (Å²) in [6, 6.07) is 14.2. The summed E-state index contributed by atoms with van der Waals surface area (Å²) in [7, 11) is 3.51. The second-order valence-electron chi connectivity index (χ2n) is 6.32. The Balaban J connectivity index is 1.67. The Hall–Kier alpha value is -3.46. The predicted molar refractivity (Wildman–Crippen MR) is 111 cm³/mol. The Kier molecular flexibility index (Phi) is 5.13. The molecule has 146 valence electrons. The molecule has 0 fully saturated rings. The number of aryl methyl sites for hydroxylation is 1. The van der Waals surface area contributed by atoms with Gasteiger partial charge in [0.05, 0.1) is 18.4 Å². The molecule has 2 aromatic carbocycles. The molecule has 4 aromatic rings. The number of fused-ring (bicyclic) bond motifs is 1. The second kappa shape index (κ2) is 7.88. The zero-order valence-corrected chi connectivity index (χ0v) is 16.6. The summed E-state index contributed by atoms with van der Waals surface area (Å²) in [5.41, 5.74) is 3.95. The lowest BCUT2D eigenvalue weighted by molar-refractivity contribution is -0.384. The molecule has 0 N–H and O–H groups in total. The van der Waals surface area contributed by atoms with Gasteiger partial charge in [0.15, 0.2) is 10.8 Å². The van der Waals surface area contributed by atoms with E-state index in [1.54, 1.807) is 25.6 Å². The molecule has 9 heteroatoms. The maximum atomic E-state index is 10.9. The van der Waals surface area contributed by atoms with E-state index in [0.717, 1.165) is 16.9 Å². The number of nitro groups is 1. The van der Waals surface area contributed by atoms with Crippen LogP contribution in [0.1, 0.15) is 5.56 Å². The highest BCUT2D eigenvalue weighted by Crippen LogP contribution is 2.30. The maximum absolute atomic E-state index is 10.9. The van der Waals surface area contributed by atoms with Crippen LogP contribution in [-0.4, -0.2) is 31.6 Å². The topological polar surface area (TPSA) is 96.0 Å². The highest BCUT2D eigenvalue weighted by atomic mass is 32.2. The third-order valence-electron chi connectivity index (χ3n) is 4.42. The number of thioether (sulfide) groups is 1. The highest BCUT2D eigenvalue weighted by molar-refractivity contribution is 7.98. The number of rotatable bonds is 6. The van der Waals surface area contributed by atoms with Crippen LogP contribution < -0.4 is 4.74 Å². The molecule has 4 rings (SSSR count). The minimum Gasteiger partial charge on any atom is -0.497 e. The second-order valence-corrected chi connectivity index (χ2v) is 7.27. The van der Waals surface area contributed by atoms with Gasteiger partial charge in [-0.2, -0.15) is 0 Å². The fraction of sp³-hybridized carbons (Fsp3) is 0.150. The lowest BCUT2D eigenvalue weighted by atomic mass is 10.1. The van der Waals surface area contributed by atoms with Gasteiger partial charge in [0.25, 0.3) is 5.69 Å². The van der Waals surface area contributed by atoms with Crippen LogP contribution in [-0.2, 0) is 12.8 Å². The van der Waals surface area contributed by atoms with E-state index in [0.29, 0.717) is 27.8 Å².